The van der Waals surface area contributed by atoms with Crippen molar-refractivity contribution in [3.8, 4) is 0 Å². The third-order valence-corrected chi connectivity index (χ3v) is 1.95. The van der Waals surface area contributed by atoms with Crippen molar-refractivity contribution in [3.05, 3.63) is 41.5 Å². The van der Waals surface area contributed by atoms with Crippen LogP contribution in [0.1, 0.15) is 24.5 Å². The van der Waals surface area contributed by atoms with Gasteiger partial charge in [0.25, 0.3) is 0 Å². The van der Waals surface area contributed by atoms with E-state index in [2.05, 4.69) is 0 Å². The summed E-state index contributed by atoms with van der Waals surface area (Å²) in [5.74, 6) is 0.361. The lowest BCUT2D eigenvalue weighted by Gasteiger charge is -2.09. The molecule has 76 valence electrons. The Morgan fingerprint density at radius 1 is 1.40 bits per heavy atom. The van der Waals surface area contributed by atoms with Gasteiger partial charge in [-0.2, -0.15) is 0 Å². The van der Waals surface area contributed by atoms with E-state index in [1.165, 1.54) is 5.56 Å². The standard InChI is InChI=1S/C12H14BNO/c1-3-4-11(15-12(13)14)10-7-5-9(2)6-8-10/h4-8,14H,3H2,1-2H3/b11-4+,14-12?. The average Bonchev–Trinajstić information content (AvgIpc) is 2.17. The molecule has 0 amide bonds. The number of nitrogens with one attached hydrogen (secondary N) is 1. The van der Waals surface area contributed by atoms with Crippen molar-refractivity contribution in [1.82, 2.24) is 0 Å². The third-order valence-electron chi connectivity index (χ3n) is 1.95. The third kappa shape index (κ3) is 3.62. The van der Waals surface area contributed by atoms with E-state index in [1.807, 2.05) is 44.2 Å². The highest BCUT2D eigenvalue weighted by molar-refractivity contribution is 6.56. The van der Waals surface area contributed by atoms with Crippen molar-refractivity contribution < 1.29 is 4.74 Å². The van der Waals surface area contributed by atoms with E-state index in [4.69, 9.17) is 18.0 Å². The van der Waals surface area contributed by atoms with Gasteiger partial charge in [0.05, 0.1) is 0 Å². The molecule has 2 nitrogen and oxygen atoms in total. The molecule has 0 spiro atoms. The highest BCUT2D eigenvalue weighted by Gasteiger charge is 2.02. The molecular formula is C12H14BNO. The second-order valence-corrected chi connectivity index (χ2v) is 3.31. The van der Waals surface area contributed by atoms with Gasteiger partial charge in [-0.1, -0.05) is 36.8 Å². The van der Waals surface area contributed by atoms with Gasteiger partial charge in [-0.25, -0.2) is 0 Å². The number of rotatable bonds is 3. The molecule has 0 aliphatic rings. The lowest BCUT2D eigenvalue weighted by molar-refractivity contribution is 0.514. The molecule has 1 aromatic carbocycles. The normalized spacial score (nSPS) is 11.2. The zero-order valence-electron chi connectivity index (χ0n) is 9.08. The van der Waals surface area contributed by atoms with Crippen molar-refractivity contribution in [2.24, 2.45) is 0 Å². The maximum absolute atomic E-state index is 7.11. The minimum atomic E-state index is -0.282. The van der Waals surface area contributed by atoms with Gasteiger partial charge < -0.3 is 4.74 Å². The van der Waals surface area contributed by atoms with Gasteiger partial charge in [-0.05, 0) is 19.4 Å². The molecule has 3 heteroatoms. The van der Waals surface area contributed by atoms with E-state index in [1.54, 1.807) is 0 Å². The zero-order valence-corrected chi connectivity index (χ0v) is 9.08. The maximum atomic E-state index is 7.11. The Bertz CT molecular complexity index is 368. The second kappa shape index (κ2) is 5.39. The van der Waals surface area contributed by atoms with Crippen molar-refractivity contribution in [3.63, 3.8) is 0 Å². The minimum absolute atomic E-state index is 0.282. The van der Waals surface area contributed by atoms with E-state index in [-0.39, 0.29) is 5.80 Å². The summed E-state index contributed by atoms with van der Waals surface area (Å²) in [6.07, 6.45) is 2.75. The number of allylic oxidation sites excluding steroid dienone is 1. The first-order chi connectivity index (χ1) is 7.13. The second-order valence-electron chi connectivity index (χ2n) is 3.31. The van der Waals surface area contributed by atoms with Gasteiger partial charge >= 0.3 is 0 Å². The molecule has 0 aliphatic heterocycles. The fraction of sp³-hybridized carbons (Fsp3) is 0.250. The first kappa shape index (κ1) is 11.6. The van der Waals surface area contributed by atoms with Crippen LogP contribution in [0, 0.1) is 12.3 Å². The molecule has 0 aromatic heterocycles. The summed E-state index contributed by atoms with van der Waals surface area (Å²) in [5.41, 5.74) is 2.13. The summed E-state index contributed by atoms with van der Waals surface area (Å²) in [5, 5.41) is 7.11. The number of benzene rings is 1. The van der Waals surface area contributed by atoms with Gasteiger partial charge in [-0.15, -0.1) is 0 Å². The lowest BCUT2D eigenvalue weighted by atomic mass is 10.1. The van der Waals surface area contributed by atoms with Gasteiger partial charge in [0.1, 0.15) is 11.6 Å². The molecule has 2 radical (unpaired) electrons. The maximum Gasteiger partial charge on any atom is 0.196 e. The van der Waals surface area contributed by atoms with Crippen molar-refractivity contribution in [2.75, 3.05) is 0 Å². The lowest BCUT2D eigenvalue weighted by Crippen LogP contribution is -2.01. The van der Waals surface area contributed by atoms with Crippen LogP contribution in [0.4, 0.5) is 0 Å². The molecule has 1 N–H and O–H groups in total. The number of ether oxygens (including phenoxy) is 1. The van der Waals surface area contributed by atoms with Crippen LogP contribution in [0.5, 0.6) is 0 Å². The van der Waals surface area contributed by atoms with E-state index >= 15 is 0 Å². The zero-order chi connectivity index (χ0) is 11.3. The Morgan fingerprint density at radius 2 is 2.00 bits per heavy atom. The summed E-state index contributed by atoms with van der Waals surface area (Å²) < 4.78 is 5.14. The van der Waals surface area contributed by atoms with Gasteiger partial charge in [0, 0.05) is 5.56 Å². The predicted octanol–water partition coefficient (Wildman–Crippen LogP) is 2.87. The largest absolute Gasteiger partial charge is 0.455 e. The quantitative estimate of drug-likeness (QED) is 0.345. The first-order valence-electron chi connectivity index (χ1n) is 4.92. The Kier molecular flexibility index (Phi) is 4.16. The summed E-state index contributed by atoms with van der Waals surface area (Å²) in [7, 11) is 5.21. The highest BCUT2D eigenvalue weighted by atomic mass is 16.5. The monoisotopic (exact) mass is 199 g/mol. The molecule has 0 fully saturated rings. The SMILES string of the molecule is [B]C(=N)O/C(=C/CC)c1ccc(C)cc1. The van der Waals surface area contributed by atoms with E-state index in [9.17, 15) is 0 Å². The van der Waals surface area contributed by atoms with Crippen molar-refractivity contribution >= 4 is 19.4 Å². The minimum Gasteiger partial charge on any atom is -0.455 e. The molecule has 1 aromatic rings. The Morgan fingerprint density at radius 3 is 2.47 bits per heavy atom. The average molecular weight is 199 g/mol. The Labute approximate surface area is 91.9 Å². The summed E-state index contributed by atoms with van der Waals surface area (Å²) in [6, 6.07) is 7.92. The number of aryl methyl sites for hydroxylation is 1. The van der Waals surface area contributed by atoms with Crippen molar-refractivity contribution in [2.45, 2.75) is 20.3 Å². The van der Waals surface area contributed by atoms with Crippen LogP contribution >= 0.6 is 0 Å². The van der Waals surface area contributed by atoms with Crippen LogP contribution < -0.4 is 0 Å². The van der Waals surface area contributed by atoms with Crippen LogP contribution in [-0.4, -0.2) is 13.6 Å². The Balaban J connectivity index is 2.94. The highest BCUT2D eigenvalue weighted by Crippen LogP contribution is 2.17. The van der Waals surface area contributed by atoms with Crippen LogP contribution in [0.2, 0.25) is 0 Å². The van der Waals surface area contributed by atoms with Crippen LogP contribution in [-0.2, 0) is 4.74 Å². The summed E-state index contributed by atoms with van der Waals surface area (Å²) >= 11 is 0. The molecule has 0 atom stereocenters. The van der Waals surface area contributed by atoms with E-state index in [0.717, 1.165) is 12.0 Å². The summed E-state index contributed by atoms with van der Waals surface area (Å²) in [4.78, 5) is 0. The van der Waals surface area contributed by atoms with Crippen LogP contribution in [0.3, 0.4) is 0 Å². The topological polar surface area (TPSA) is 33.1 Å². The van der Waals surface area contributed by atoms with Gasteiger partial charge in [0.15, 0.2) is 7.85 Å². The number of hydrogen-bond donors (Lipinski definition) is 1. The predicted molar refractivity (Wildman–Crippen MR) is 64.0 cm³/mol. The molecule has 0 saturated carbocycles. The Hall–Kier alpha value is -1.51. The molecule has 0 bridgehead atoms. The van der Waals surface area contributed by atoms with E-state index < -0.39 is 0 Å². The molecular weight excluding hydrogens is 185 g/mol. The van der Waals surface area contributed by atoms with Crippen LogP contribution in [0.15, 0.2) is 30.3 Å². The molecule has 0 unspecified atom stereocenters. The van der Waals surface area contributed by atoms with Gasteiger partial charge in [-0.3, -0.25) is 5.41 Å². The first-order valence-corrected chi connectivity index (χ1v) is 4.92. The molecule has 0 saturated heterocycles. The molecule has 0 aliphatic carbocycles. The van der Waals surface area contributed by atoms with Gasteiger partial charge in [0.2, 0.25) is 0 Å². The molecule has 1 rings (SSSR count). The van der Waals surface area contributed by atoms with Crippen LogP contribution in [0.25, 0.3) is 5.76 Å². The molecule has 0 heterocycles. The fourth-order valence-electron chi connectivity index (χ4n) is 1.24. The fourth-order valence-corrected chi connectivity index (χ4v) is 1.24. The number of hydrogen-bond acceptors (Lipinski definition) is 2. The smallest absolute Gasteiger partial charge is 0.196 e. The van der Waals surface area contributed by atoms with E-state index in [0.29, 0.717) is 5.76 Å². The summed E-state index contributed by atoms with van der Waals surface area (Å²) in [6.45, 7) is 4.04. The molecule has 15 heavy (non-hydrogen) atoms. The van der Waals surface area contributed by atoms with Crippen molar-refractivity contribution in [1.29, 1.82) is 5.41 Å².